The molecule has 3 nitrogen and oxygen atoms in total. The van der Waals surface area contributed by atoms with Gasteiger partial charge in [-0.2, -0.15) is 0 Å². The van der Waals surface area contributed by atoms with Crippen LogP contribution in [0.2, 0.25) is 0 Å². The van der Waals surface area contributed by atoms with E-state index >= 15 is 0 Å². The van der Waals surface area contributed by atoms with Crippen molar-refractivity contribution in [3.63, 3.8) is 0 Å². The lowest BCUT2D eigenvalue weighted by molar-refractivity contribution is 0.354. The average Bonchev–Trinajstić information content (AvgIpc) is 2.91. The molecule has 0 spiro atoms. The Morgan fingerprint density at radius 1 is 1.14 bits per heavy atom. The van der Waals surface area contributed by atoms with E-state index in [4.69, 9.17) is 9.47 Å². The van der Waals surface area contributed by atoms with Crippen molar-refractivity contribution in [3.05, 3.63) is 44.6 Å². The van der Waals surface area contributed by atoms with Gasteiger partial charge in [-0.3, -0.25) is 0 Å². The molecule has 2 aromatic rings. The number of ether oxygens (including phenoxy) is 2. The van der Waals surface area contributed by atoms with Crippen molar-refractivity contribution >= 4 is 27.3 Å². The standard InChI is InChI=1S/C16H20BrNO2S/c1-18-12(10-16-13(17)6-7-21-16)8-11-4-5-14(19-2)15(9-11)20-3/h4-7,9,12,18H,8,10H2,1-3H3. The molecule has 114 valence electrons. The quantitative estimate of drug-likeness (QED) is 0.802. The first-order valence-electron chi connectivity index (χ1n) is 6.78. The van der Waals surface area contributed by atoms with Crippen LogP contribution >= 0.6 is 27.3 Å². The monoisotopic (exact) mass is 369 g/mol. The molecular formula is C16H20BrNO2S. The fourth-order valence-corrected chi connectivity index (χ4v) is 3.86. The van der Waals surface area contributed by atoms with Gasteiger partial charge in [0, 0.05) is 15.4 Å². The van der Waals surface area contributed by atoms with Gasteiger partial charge in [0.1, 0.15) is 0 Å². The molecule has 0 saturated carbocycles. The topological polar surface area (TPSA) is 30.5 Å². The molecule has 1 unspecified atom stereocenters. The van der Waals surface area contributed by atoms with Gasteiger partial charge < -0.3 is 14.8 Å². The molecule has 0 aliphatic carbocycles. The maximum absolute atomic E-state index is 5.37. The van der Waals surface area contributed by atoms with Gasteiger partial charge in [0.15, 0.2) is 11.5 Å². The fourth-order valence-electron chi connectivity index (χ4n) is 2.26. The minimum absolute atomic E-state index is 0.387. The Bertz CT molecular complexity index is 585. The third-order valence-corrected chi connectivity index (χ3v) is 5.41. The van der Waals surface area contributed by atoms with Crippen molar-refractivity contribution < 1.29 is 9.47 Å². The molecule has 1 aromatic carbocycles. The van der Waals surface area contributed by atoms with E-state index in [-0.39, 0.29) is 0 Å². The largest absolute Gasteiger partial charge is 0.493 e. The first-order valence-corrected chi connectivity index (χ1v) is 8.45. The smallest absolute Gasteiger partial charge is 0.160 e. The molecule has 1 heterocycles. The van der Waals surface area contributed by atoms with E-state index in [0.717, 1.165) is 24.3 Å². The Hall–Kier alpha value is -1.04. The van der Waals surface area contributed by atoms with E-state index < -0.39 is 0 Å². The summed E-state index contributed by atoms with van der Waals surface area (Å²) in [5, 5.41) is 5.51. The number of benzene rings is 1. The molecule has 0 aliphatic heterocycles. The Kier molecular flexibility index (Phi) is 6.08. The highest BCUT2D eigenvalue weighted by molar-refractivity contribution is 9.10. The number of methoxy groups -OCH3 is 2. The van der Waals surface area contributed by atoms with E-state index in [2.05, 4.69) is 38.8 Å². The summed E-state index contributed by atoms with van der Waals surface area (Å²) in [6.45, 7) is 0. The molecular weight excluding hydrogens is 350 g/mol. The van der Waals surface area contributed by atoms with Crippen molar-refractivity contribution in [2.45, 2.75) is 18.9 Å². The zero-order chi connectivity index (χ0) is 15.2. The van der Waals surface area contributed by atoms with Crippen molar-refractivity contribution in [3.8, 4) is 11.5 Å². The van der Waals surface area contributed by atoms with Crippen LogP contribution in [-0.2, 0) is 12.8 Å². The van der Waals surface area contributed by atoms with E-state index in [0.29, 0.717) is 6.04 Å². The Labute approximate surface area is 138 Å². The zero-order valence-corrected chi connectivity index (χ0v) is 14.9. The van der Waals surface area contributed by atoms with Crippen LogP contribution in [0.15, 0.2) is 34.1 Å². The van der Waals surface area contributed by atoms with E-state index in [9.17, 15) is 0 Å². The van der Waals surface area contributed by atoms with E-state index in [1.165, 1.54) is 14.9 Å². The third kappa shape index (κ3) is 4.22. The first-order chi connectivity index (χ1) is 10.2. The predicted molar refractivity (Wildman–Crippen MR) is 91.8 cm³/mol. The maximum atomic E-state index is 5.37. The highest BCUT2D eigenvalue weighted by atomic mass is 79.9. The second kappa shape index (κ2) is 7.82. The van der Waals surface area contributed by atoms with Gasteiger partial charge in [-0.15, -0.1) is 11.3 Å². The van der Waals surface area contributed by atoms with Crippen LogP contribution < -0.4 is 14.8 Å². The molecule has 0 amide bonds. The van der Waals surface area contributed by atoms with E-state index in [1.54, 1.807) is 25.6 Å². The molecule has 0 aliphatic rings. The third-order valence-electron chi connectivity index (χ3n) is 3.46. The number of likely N-dealkylation sites (N-methyl/N-ethyl adjacent to an activating group) is 1. The summed E-state index contributed by atoms with van der Waals surface area (Å²) in [6.07, 6.45) is 1.95. The molecule has 0 fully saturated rings. The van der Waals surface area contributed by atoms with Crippen LogP contribution in [-0.4, -0.2) is 27.3 Å². The van der Waals surface area contributed by atoms with E-state index in [1.807, 2.05) is 19.2 Å². The van der Waals surface area contributed by atoms with Crippen LogP contribution in [0.5, 0.6) is 11.5 Å². The molecule has 2 rings (SSSR count). The number of halogens is 1. The summed E-state index contributed by atoms with van der Waals surface area (Å²) in [5.41, 5.74) is 1.24. The zero-order valence-electron chi connectivity index (χ0n) is 12.5. The molecule has 0 bridgehead atoms. The molecule has 0 radical (unpaired) electrons. The second-order valence-corrected chi connectivity index (χ2v) is 6.63. The minimum Gasteiger partial charge on any atom is -0.493 e. The molecule has 0 saturated heterocycles. The highest BCUT2D eigenvalue weighted by Gasteiger charge is 2.13. The summed E-state index contributed by atoms with van der Waals surface area (Å²) in [4.78, 5) is 1.37. The number of thiophene rings is 1. The van der Waals surface area contributed by atoms with Gasteiger partial charge in [-0.05, 0) is 65.0 Å². The van der Waals surface area contributed by atoms with Crippen LogP contribution in [0, 0.1) is 0 Å². The number of hydrogen-bond donors (Lipinski definition) is 1. The summed E-state index contributed by atoms with van der Waals surface area (Å²) < 4.78 is 11.8. The lowest BCUT2D eigenvalue weighted by atomic mass is 10.0. The molecule has 5 heteroatoms. The van der Waals surface area contributed by atoms with Gasteiger partial charge in [0.05, 0.1) is 14.2 Å². The van der Waals surface area contributed by atoms with Crippen LogP contribution in [0.3, 0.4) is 0 Å². The number of rotatable bonds is 7. The van der Waals surface area contributed by atoms with Crippen molar-refractivity contribution in [1.29, 1.82) is 0 Å². The van der Waals surface area contributed by atoms with Gasteiger partial charge in [-0.1, -0.05) is 6.07 Å². The molecule has 1 N–H and O–H groups in total. The maximum Gasteiger partial charge on any atom is 0.160 e. The predicted octanol–water partition coefficient (Wildman–Crippen LogP) is 3.90. The summed E-state index contributed by atoms with van der Waals surface area (Å²) in [6, 6.07) is 8.59. The first kappa shape index (κ1) is 16.3. The van der Waals surface area contributed by atoms with Gasteiger partial charge in [-0.25, -0.2) is 0 Å². The second-order valence-electron chi connectivity index (χ2n) is 4.77. The average molecular weight is 370 g/mol. The Balaban J connectivity index is 2.09. The van der Waals surface area contributed by atoms with Gasteiger partial charge in [0.25, 0.3) is 0 Å². The Morgan fingerprint density at radius 3 is 2.48 bits per heavy atom. The van der Waals surface area contributed by atoms with Gasteiger partial charge >= 0.3 is 0 Å². The van der Waals surface area contributed by atoms with Gasteiger partial charge in [0.2, 0.25) is 0 Å². The van der Waals surface area contributed by atoms with Crippen LogP contribution in [0.1, 0.15) is 10.4 Å². The number of nitrogens with one attached hydrogen (secondary N) is 1. The molecule has 1 atom stereocenters. The van der Waals surface area contributed by atoms with Crippen molar-refractivity contribution in [2.24, 2.45) is 0 Å². The van der Waals surface area contributed by atoms with Crippen LogP contribution in [0.25, 0.3) is 0 Å². The summed E-state index contributed by atoms with van der Waals surface area (Å²) in [7, 11) is 5.33. The fraction of sp³-hybridized carbons (Fsp3) is 0.375. The lowest BCUT2D eigenvalue weighted by Crippen LogP contribution is -2.29. The molecule has 1 aromatic heterocycles. The van der Waals surface area contributed by atoms with Crippen molar-refractivity contribution in [1.82, 2.24) is 5.32 Å². The lowest BCUT2D eigenvalue weighted by Gasteiger charge is -2.17. The normalized spacial score (nSPS) is 12.2. The SMILES string of the molecule is CNC(Cc1ccc(OC)c(OC)c1)Cc1sccc1Br. The molecule has 21 heavy (non-hydrogen) atoms. The van der Waals surface area contributed by atoms with Crippen molar-refractivity contribution in [2.75, 3.05) is 21.3 Å². The summed E-state index contributed by atoms with van der Waals surface area (Å²) in [5.74, 6) is 1.55. The highest BCUT2D eigenvalue weighted by Crippen LogP contribution is 2.29. The summed E-state index contributed by atoms with van der Waals surface area (Å²) >= 11 is 5.38. The number of hydrogen-bond acceptors (Lipinski definition) is 4. The minimum atomic E-state index is 0.387. The van der Waals surface area contributed by atoms with Crippen LogP contribution in [0.4, 0.5) is 0 Å². The Morgan fingerprint density at radius 2 is 1.90 bits per heavy atom.